The molecule has 2 heterocycles. The minimum absolute atomic E-state index is 0.0495. The molecule has 7 heteroatoms. The third-order valence-electron chi connectivity index (χ3n) is 4.40. The lowest BCUT2D eigenvalue weighted by Crippen LogP contribution is -2.32. The van der Waals surface area contributed by atoms with E-state index in [0.717, 1.165) is 17.8 Å². The lowest BCUT2D eigenvalue weighted by atomic mass is 10.1. The van der Waals surface area contributed by atoms with Crippen molar-refractivity contribution in [1.82, 2.24) is 24.2 Å². The van der Waals surface area contributed by atoms with Gasteiger partial charge >= 0.3 is 0 Å². The number of aromatic nitrogens is 4. The smallest absolute Gasteiger partial charge is 0.266 e. The van der Waals surface area contributed by atoms with Crippen molar-refractivity contribution in [2.45, 2.75) is 19.9 Å². The maximum Gasteiger partial charge on any atom is 0.266 e. The van der Waals surface area contributed by atoms with Crippen molar-refractivity contribution in [3.8, 4) is 11.3 Å². The summed E-state index contributed by atoms with van der Waals surface area (Å²) in [5.74, 6) is 0.791. The summed E-state index contributed by atoms with van der Waals surface area (Å²) in [5.41, 5.74) is 1.86. The third-order valence-corrected chi connectivity index (χ3v) is 4.40. The molecule has 0 bridgehead atoms. The zero-order valence-corrected chi connectivity index (χ0v) is 15.8. The van der Waals surface area contributed by atoms with Gasteiger partial charge in [0.15, 0.2) is 0 Å². The molecule has 140 valence electrons. The van der Waals surface area contributed by atoms with Crippen LogP contribution in [0, 0.1) is 0 Å². The van der Waals surface area contributed by atoms with Gasteiger partial charge in [0.2, 0.25) is 0 Å². The highest BCUT2D eigenvalue weighted by Crippen LogP contribution is 2.19. The highest BCUT2D eigenvalue weighted by atomic mass is 16.2. The average molecular weight is 365 g/mol. The maximum absolute atomic E-state index is 13.1. The zero-order valence-electron chi connectivity index (χ0n) is 15.8. The number of aryl methyl sites for hydroxylation is 2. The summed E-state index contributed by atoms with van der Waals surface area (Å²) in [7, 11) is 3.53. The highest BCUT2D eigenvalue weighted by molar-refractivity contribution is 5.95. The first-order chi connectivity index (χ1) is 13.0. The molecule has 0 spiro atoms. The Morgan fingerprint density at radius 3 is 2.67 bits per heavy atom. The molecule has 0 aliphatic heterocycles. The molecule has 1 aromatic carbocycles. The first-order valence-electron chi connectivity index (χ1n) is 8.90. The molecule has 3 aromatic rings. The fourth-order valence-electron chi connectivity index (χ4n) is 2.89. The topological polar surface area (TPSA) is 73.0 Å². The van der Waals surface area contributed by atoms with Gasteiger partial charge in [0.25, 0.3) is 11.5 Å². The molecule has 2 aromatic heterocycles. The Hall–Kier alpha value is -3.22. The molecule has 7 nitrogen and oxygen atoms in total. The summed E-state index contributed by atoms with van der Waals surface area (Å²) in [4.78, 5) is 30.8. The Balaban J connectivity index is 1.89. The lowest BCUT2D eigenvalue weighted by Gasteiger charge is -2.22. The van der Waals surface area contributed by atoms with Crippen molar-refractivity contribution in [2.75, 3.05) is 6.54 Å². The van der Waals surface area contributed by atoms with Crippen LogP contribution < -0.4 is 5.56 Å². The van der Waals surface area contributed by atoms with Crippen molar-refractivity contribution in [3.63, 3.8) is 0 Å². The Kier molecular flexibility index (Phi) is 5.49. The summed E-state index contributed by atoms with van der Waals surface area (Å²) in [5, 5.41) is 4.26. The van der Waals surface area contributed by atoms with Crippen LogP contribution in [0.2, 0.25) is 0 Å². The number of hydrogen-bond donors (Lipinski definition) is 0. The Labute approximate surface area is 157 Å². The van der Waals surface area contributed by atoms with Gasteiger partial charge in [-0.05, 0) is 24.6 Å². The van der Waals surface area contributed by atoms with Crippen LogP contribution in [0.3, 0.4) is 0 Å². The fraction of sp³-hybridized carbons (Fsp3) is 0.300. The van der Waals surface area contributed by atoms with Gasteiger partial charge in [-0.25, -0.2) is 9.67 Å². The number of imidazole rings is 1. The van der Waals surface area contributed by atoms with E-state index >= 15 is 0 Å². The normalized spacial score (nSPS) is 10.8. The van der Waals surface area contributed by atoms with Crippen LogP contribution in [0.5, 0.6) is 0 Å². The van der Waals surface area contributed by atoms with E-state index < -0.39 is 0 Å². The van der Waals surface area contributed by atoms with Crippen LogP contribution in [0.15, 0.2) is 53.6 Å². The van der Waals surface area contributed by atoms with Crippen molar-refractivity contribution in [3.05, 3.63) is 70.5 Å². The van der Waals surface area contributed by atoms with E-state index in [-0.39, 0.29) is 11.5 Å². The van der Waals surface area contributed by atoms with Crippen LogP contribution in [-0.2, 0) is 20.6 Å². The number of carbonyl (C=O) groups excluding carboxylic acids is 1. The highest BCUT2D eigenvalue weighted by Gasteiger charge is 2.18. The van der Waals surface area contributed by atoms with Gasteiger partial charge in [0.1, 0.15) is 5.82 Å². The molecule has 0 unspecified atom stereocenters. The van der Waals surface area contributed by atoms with E-state index in [2.05, 4.69) is 10.1 Å². The van der Waals surface area contributed by atoms with Gasteiger partial charge in [-0.15, -0.1) is 0 Å². The quantitative estimate of drug-likeness (QED) is 0.671. The summed E-state index contributed by atoms with van der Waals surface area (Å²) < 4.78 is 3.20. The lowest BCUT2D eigenvalue weighted by molar-refractivity contribution is 0.0737. The maximum atomic E-state index is 13.1. The first kappa shape index (κ1) is 18.6. The van der Waals surface area contributed by atoms with E-state index in [1.165, 1.54) is 10.7 Å². The number of carbonyl (C=O) groups is 1. The summed E-state index contributed by atoms with van der Waals surface area (Å²) in [6, 6.07) is 10.5. The molecule has 0 aliphatic rings. The standard InChI is InChI=1S/C20H23N5O2/c1-4-11-25(14-18-21-10-12-23(18)2)20(27)16-7-5-6-15(13-16)17-8-9-19(26)24(3)22-17/h5-10,12-13H,4,11,14H2,1-3H3. The molecule has 0 saturated carbocycles. The Morgan fingerprint density at radius 2 is 2.00 bits per heavy atom. The van der Waals surface area contributed by atoms with Crippen LogP contribution in [0.1, 0.15) is 29.5 Å². The largest absolute Gasteiger partial charge is 0.337 e. The second-order valence-corrected chi connectivity index (χ2v) is 6.44. The SMILES string of the molecule is CCCN(Cc1nccn1C)C(=O)c1cccc(-c2ccc(=O)n(C)n2)c1. The number of hydrogen-bond acceptors (Lipinski definition) is 4. The molecule has 0 radical (unpaired) electrons. The molecule has 0 atom stereocenters. The summed E-state index contributed by atoms with van der Waals surface area (Å²) >= 11 is 0. The predicted octanol–water partition coefficient (Wildman–Crippen LogP) is 2.23. The van der Waals surface area contributed by atoms with Crippen LogP contribution in [-0.4, -0.2) is 36.7 Å². The van der Waals surface area contributed by atoms with E-state index in [0.29, 0.717) is 24.3 Å². The minimum atomic E-state index is -0.171. The van der Waals surface area contributed by atoms with Crippen molar-refractivity contribution in [1.29, 1.82) is 0 Å². The van der Waals surface area contributed by atoms with Crippen molar-refractivity contribution < 1.29 is 4.79 Å². The van der Waals surface area contributed by atoms with E-state index in [9.17, 15) is 9.59 Å². The number of rotatable bonds is 6. The Morgan fingerprint density at radius 1 is 1.19 bits per heavy atom. The summed E-state index contributed by atoms with van der Waals surface area (Å²) in [6.07, 6.45) is 4.46. The van der Waals surface area contributed by atoms with Crippen LogP contribution >= 0.6 is 0 Å². The van der Waals surface area contributed by atoms with Gasteiger partial charge < -0.3 is 9.47 Å². The molecule has 3 rings (SSSR count). The molecule has 0 saturated heterocycles. The van der Waals surface area contributed by atoms with Gasteiger partial charge in [-0.2, -0.15) is 5.10 Å². The second kappa shape index (κ2) is 7.99. The molecule has 0 aliphatic carbocycles. The zero-order chi connectivity index (χ0) is 19.4. The van der Waals surface area contributed by atoms with Gasteiger partial charge in [0.05, 0.1) is 12.2 Å². The molecule has 0 N–H and O–H groups in total. The number of nitrogens with zero attached hydrogens (tertiary/aromatic N) is 5. The fourth-order valence-corrected chi connectivity index (χ4v) is 2.89. The van der Waals surface area contributed by atoms with E-state index in [1.54, 1.807) is 30.3 Å². The predicted molar refractivity (Wildman–Crippen MR) is 103 cm³/mol. The number of amides is 1. The molecular weight excluding hydrogens is 342 g/mol. The van der Waals surface area contributed by atoms with E-state index in [1.807, 2.05) is 42.9 Å². The first-order valence-corrected chi connectivity index (χ1v) is 8.90. The van der Waals surface area contributed by atoms with Crippen molar-refractivity contribution in [2.24, 2.45) is 14.1 Å². The minimum Gasteiger partial charge on any atom is -0.337 e. The average Bonchev–Trinajstić information content (AvgIpc) is 3.08. The molecular formula is C20H23N5O2. The molecule has 27 heavy (non-hydrogen) atoms. The monoisotopic (exact) mass is 365 g/mol. The summed E-state index contributed by atoms with van der Waals surface area (Å²) in [6.45, 7) is 3.15. The van der Waals surface area contributed by atoms with Crippen LogP contribution in [0.4, 0.5) is 0 Å². The van der Waals surface area contributed by atoms with Gasteiger partial charge in [-0.1, -0.05) is 19.1 Å². The van der Waals surface area contributed by atoms with Crippen LogP contribution in [0.25, 0.3) is 11.3 Å². The van der Waals surface area contributed by atoms with Gasteiger partial charge in [-0.3, -0.25) is 9.59 Å². The third kappa shape index (κ3) is 4.13. The molecule has 0 fully saturated rings. The van der Waals surface area contributed by atoms with Gasteiger partial charge in [0, 0.05) is 50.2 Å². The number of benzene rings is 1. The Bertz CT molecular complexity index is 1010. The molecule has 1 amide bonds. The van der Waals surface area contributed by atoms with E-state index in [4.69, 9.17) is 0 Å². The van der Waals surface area contributed by atoms with Crippen molar-refractivity contribution >= 4 is 5.91 Å². The second-order valence-electron chi connectivity index (χ2n) is 6.44.